The van der Waals surface area contributed by atoms with Crippen molar-refractivity contribution in [2.24, 2.45) is 0 Å². The largest absolute Gasteiger partial charge is 0.524 e. The van der Waals surface area contributed by atoms with Gasteiger partial charge in [-0.1, -0.05) is 17.7 Å². The van der Waals surface area contributed by atoms with E-state index in [0.29, 0.717) is 0 Å². The Labute approximate surface area is 88.6 Å². The predicted octanol–water partition coefficient (Wildman–Crippen LogP) is 1.72. The molecule has 0 aliphatic carbocycles. The first-order valence-corrected chi connectivity index (χ1v) is 5.40. The van der Waals surface area contributed by atoms with Gasteiger partial charge in [-0.25, -0.2) is 4.57 Å². The summed E-state index contributed by atoms with van der Waals surface area (Å²) >= 11 is 5.50. The van der Waals surface area contributed by atoms with Gasteiger partial charge in [-0.15, -0.1) is 0 Å². The molecular formula is C6H5ClNO6P. The number of phosphoric acid groups is 1. The normalized spacial score (nSPS) is 11.1. The highest BCUT2D eigenvalue weighted by molar-refractivity contribution is 7.46. The number of hydrogen-bond donors (Lipinski definition) is 2. The maximum Gasteiger partial charge on any atom is 0.524 e. The SMILES string of the molecule is O=[N+]([O-])c1cccc(OP(=O)(O)O)c1Cl. The molecule has 1 aromatic rings. The van der Waals surface area contributed by atoms with Crippen LogP contribution in [0.4, 0.5) is 5.69 Å². The van der Waals surface area contributed by atoms with E-state index in [1.54, 1.807) is 0 Å². The number of benzene rings is 1. The fraction of sp³-hybridized carbons (Fsp3) is 0. The zero-order valence-electron chi connectivity index (χ0n) is 7.03. The molecule has 1 rings (SSSR count). The van der Waals surface area contributed by atoms with E-state index in [2.05, 4.69) is 4.52 Å². The molecule has 7 nitrogen and oxygen atoms in total. The van der Waals surface area contributed by atoms with Crippen molar-refractivity contribution in [2.75, 3.05) is 0 Å². The van der Waals surface area contributed by atoms with Crippen LogP contribution in [0, 0.1) is 10.1 Å². The van der Waals surface area contributed by atoms with Crippen LogP contribution in [0.25, 0.3) is 0 Å². The second kappa shape index (κ2) is 4.16. The van der Waals surface area contributed by atoms with E-state index < -0.39 is 29.2 Å². The van der Waals surface area contributed by atoms with Crippen molar-refractivity contribution in [3.05, 3.63) is 33.3 Å². The van der Waals surface area contributed by atoms with Crippen LogP contribution in [-0.2, 0) is 4.57 Å². The van der Waals surface area contributed by atoms with E-state index in [1.807, 2.05) is 0 Å². The van der Waals surface area contributed by atoms with Gasteiger partial charge in [-0.05, 0) is 6.07 Å². The van der Waals surface area contributed by atoms with E-state index in [4.69, 9.17) is 21.4 Å². The lowest BCUT2D eigenvalue weighted by Crippen LogP contribution is -1.94. The Morgan fingerprint density at radius 1 is 1.47 bits per heavy atom. The Bertz CT molecular complexity index is 443. The van der Waals surface area contributed by atoms with Crippen LogP contribution < -0.4 is 4.52 Å². The lowest BCUT2D eigenvalue weighted by molar-refractivity contribution is -0.384. The molecule has 0 unspecified atom stereocenters. The van der Waals surface area contributed by atoms with E-state index >= 15 is 0 Å². The molecule has 0 aliphatic rings. The van der Waals surface area contributed by atoms with Crippen molar-refractivity contribution >= 4 is 25.1 Å². The Hall–Kier alpha value is -1.14. The lowest BCUT2D eigenvalue weighted by Gasteiger charge is -2.07. The van der Waals surface area contributed by atoms with Gasteiger partial charge in [0, 0.05) is 6.07 Å². The molecule has 0 heterocycles. The molecule has 9 heteroatoms. The molecule has 0 radical (unpaired) electrons. The summed E-state index contributed by atoms with van der Waals surface area (Å²) in [5.41, 5.74) is -0.484. The third-order valence-corrected chi connectivity index (χ3v) is 2.17. The summed E-state index contributed by atoms with van der Waals surface area (Å²) in [6, 6.07) is 3.41. The summed E-state index contributed by atoms with van der Waals surface area (Å²) in [7, 11) is -4.77. The molecule has 82 valence electrons. The third kappa shape index (κ3) is 3.17. The molecule has 0 atom stereocenters. The van der Waals surface area contributed by atoms with Gasteiger partial charge in [0.05, 0.1) is 4.92 Å². The van der Waals surface area contributed by atoms with Gasteiger partial charge in [0.15, 0.2) is 10.8 Å². The molecule has 0 fully saturated rings. The summed E-state index contributed by atoms with van der Waals surface area (Å²) in [5.74, 6) is -0.431. The zero-order chi connectivity index (χ0) is 11.6. The first kappa shape index (κ1) is 11.9. The van der Waals surface area contributed by atoms with Crippen LogP contribution in [0.1, 0.15) is 0 Å². The number of nitrogens with zero attached hydrogens (tertiary/aromatic N) is 1. The predicted molar refractivity (Wildman–Crippen MR) is 50.8 cm³/mol. The van der Waals surface area contributed by atoms with Gasteiger partial charge in [0.2, 0.25) is 0 Å². The Morgan fingerprint density at radius 3 is 2.53 bits per heavy atom. The monoisotopic (exact) mass is 253 g/mol. The fourth-order valence-corrected chi connectivity index (χ4v) is 1.53. The van der Waals surface area contributed by atoms with Gasteiger partial charge in [-0.3, -0.25) is 19.9 Å². The fourth-order valence-electron chi connectivity index (χ4n) is 0.839. The van der Waals surface area contributed by atoms with E-state index in [1.165, 1.54) is 6.07 Å². The highest BCUT2D eigenvalue weighted by Crippen LogP contribution is 2.43. The third-order valence-electron chi connectivity index (χ3n) is 1.36. The first-order valence-electron chi connectivity index (χ1n) is 3.49. The van der Waals surface area contributed by atoms with Gasteiger partial charge in [0.25, 0.3) is 5.69 Å². The van der Waals surface area contributed by atoms with Crippen LogP contribution in [0.3, 0.4) is 0 Å². The number of phosphoric ester groups is 1. The molecule has 0 spiro atoms. The average Bonchev–Trinajstić information content (AvgIpc) is 2.05. The summed E-state index contributed by atoms with van der Waals surface area (Å²) < 4.78 is 14.6. The number of hydrogen-bond acceptors (Lipinski definition) is 4. The smallest absolute Gasteiger partial charge is 0.402 e. The van der Waals surface area contributed by atoms with Crippen LogP contribution in [0.2, 0.25) is 5.02 Å². The Kier molecular flexibility index (Phi) is 3.31. The van der Waals surface area contributed by atoms with Crippen LogP contribution >= 0.6 is 19.4 Å². The minimum absolute atomic E-state index is 0.431. The highest BCUT2D eigenvalue weighted by Gasteiger charge is 2.22. The molecule has 0 aromatic heterocycles. The molecule has 15 heavy (non-hydrogen) atoms. The summed E-state index contributed by atoms with van der Waals surface area (Å²) in [6.45, 7) is 0. The average molecular weight is 254 g/mol. The number of nitro benzene ring substituents is 1. The number of rotatable bonds is 3. The summed E-state index contributed by atoms with van der Waals surface area (Å²) in [6.07, 6.45) is 0. The highest BCUT2D eigenvalue weighted by atomic mass is 35.5. The maximum atomic E-state index is 10.5. The molecule has 0 amide bonds. The van der Waals surface area contributed by atoms with Crippen molar-refractivity contribution in [2.45, 2.75) is 0 Å². The van der Waals surface area contributed by atoms with E-state index in [0.717, 1.165) is 12.1 Å². The minimum Gasteiger partial charge on any atom is -0.402 e. The number of halogens is 1. The van der Waals surface area contributed by atoms with Crippen LogP contribution in [0.15, 0.2) is 18.2 Å². The van der Waals surface area contributed by atoms with Crippen molar-refractivity contribution in [1.82, 2.24) is 0 Å². The summed E-state index contributed by atoms with van der Waals surface area (Å²) in [5, 5.41) is 9.96. The molecule has 0 saturated carbocycles. The zero-order valence-corrected chi connectivity index (χ0v) is 8.68. The molecular weight excluding hydrogens is 248 g/mol. The standard InChI is InChI=1S/C6H5ClNO6P/c7-6-4(8(9)10)2-1-3-5(6)14-15(11,12)13/h1-3H,(H2,11,12,13). The molecule has 2 N–H and O–H groups in total. The van der Waals surface area contributed by atoms with E-state index in [9.17, 15) is 14.7 Å². The number of nitro groups is 1. The Balaban J connectivity index is 3.16. The van der Waals surface area contributed by atoms with Gasteiger partial charge >= 0.3 is 7.82 Å². The van der Waals surface area contributed by atoms with Gasteiger partial charge in [-0.2, -0.15) is 0 Å². The quantitative estimate of drug-likeness (QED) is 0.482. The molecule has 0 aliphatic heterocycles. The van der Waals surface area contributed by atoms with E-state index in [-0.39, 0.29) is 0 Å². The van der Waals surface area contributed by atoms with Gasteiger partial charge in [0.1, 0.15) is 0 Å². The molecule has 0 bridgehead atoms. The molecule has 1 aromatic carbocycles. The van der Waals surface area contributed by atoms with Crippen LogP contribution in [-0.4, -0.2) is 14.7 Å². The van der Waals surface area contributed by atoms with Crippen molar-refractivity contribution in [3.8, 4) is 5.75 Å². The Morgan fingerprint density at radius 2 is 2.07 bits per heavy atom. The van der Waals surface area contributed by atoms with Crippen molar-refractivity contribution in [3.63, 3.8) is 0 Å². The minimum atomic E-state index is -4.77. The van der Waals surface area contributed by atoms with Gasteiger partial charge < -0.3 is 4.52 Å². The topological polar surface area (TPSA) is 110 Å². The second-order valence-electron chi connectivity index (χ2n) is 2.43. The molecule has 0 saturated heterocycles. The first-order chi connectivity index (χ1) is 6.81. The van der Waals surface area contributed by atoms with Crippen molar-refractivity contribution in [1.29, 1.82) is 0 Å². The van der Waals surface area contributed by atoms with Crippen molar-refractivity contribution < 1.29 is 23.8 Å². The second-order valence-corrected chi connectivity index (χ2v) is 3.97. The van der Waals surface area contributed by atoms with Crippen LogP contribution in [0.5, 0.6) is 5.75 Å². The lowest BCUT2D eigenvalue weighted by atomic mass is 10.3. The maximum absolute atomic E-state index is 10.5. The summed E-state index contributed by atoms with van der Waals surface area (Å²) in [4.78, 5) is 26.6.